The van der Waals surface area contributed by atoms with Gasteiger partial charge >= 0.3 is 10.2 Å². The van der Waals surface area contributed by atoms with E-state index in [4.69, 9.17) is 9.84 Å². The maximum absolute atomic E-state index is 12.0. The highest BCUT2D eigenvalue weighted by atomic mass is 79.9. The number of methoxy groups -OCH3 is 1. The molecule has 0 heterocycles. The molecular weight excluding hydrogens is 336 g/mol. The van der Waals surface area contributed by atoms with Crippen LogP contribution in [0.2, 0.25) is 0 Å². The van der Waals surface area contributed by atoms with Gasteiger partial charge in [-0.1, -0.05) is 0 Å². The second-order valence-electron chi connectivity index (χ2n) is 3.85. The zero-order valence-corrected chi connectivity index (χ0v) is 13.2. The monoisotopic (exact) mass is 352 g/mol. The van der Waals surface area contributed by atoms with Crippen LogP contribution in [0.3, 0.4) is 0 Å². The average Bonchev–Trinajstić information content (AvgIpc) is 2.38. The lowest BCUT2D eigenvalue weighted by Gasteiger charge is -2.18. The molecule has 0 radical (unpaired) electrons. The summed E-state index contributed by atoms with van der Waals surface area (Å²) >= 11 is 3.27. The summed E-state index contributed by atoms with van der Waals surface area (Å²) in [6, 6.07) is 5.00. The van der Waals surface area contributed by atoms with E-state index in [1.165, 1.54) is 14.2 Å². The summed E-state index contributed by atoms with van der Waals surface area (Å²) < 4.78 is 33.3. The van der Waals surface area contributed by atoms with E-state index in [0.717, 1.165) is 4.31 Å². The van der Waals surface area contributed by atoms with E-state index in [-0.39, 0.29) is 13.2 Å². The van der Waals surface area contributed by atoms with Crippen molar-refractivity contribution in [3.05, 3.63) is 22.7 Å². The maximum atomic E-state index is 12.0. The highest BCUT2D eigenvalue weighted by molar-refractivity contribution is 9.10. The lowest BCUT2D eigenvalue weighted by Crippen LogP contribution is -2.33. The van der Waals surface area contributed by atoms with Crippen molar-refractivity contribution in [2.45, 2.75) is 6.42 Å². The topological polar surface area (TPSA) is 78.9 Å². The molecule has 1 aromatic carbocycles. The molecule has 0 spiro atoms. The molecule has 8 heteroatoms. The van der Waals surface area contributed by atoms with E-state index in [1.54, 1.807) is 18.2 Å². The molecule has 0 amide bonds. The molecule has 0 saturated carbocycles. The number of nitrogens with one attached hydrogen (secondary N) is 1. The molecular formula is C11H17BrN2O4S. The lowest BCUT2D eigenvalue weighted by atomic mass is 10.3. The number of hydrogen-bond acceptors (Lipinski definition) is 4. The number of benzene rings is 1. The minimum atomic E-state index is -3.65. The van der Waals surface area contributed by atoms with Gasteiger partial charge < -0.3 is 9.84 Å². The predicted octanol–water partition coefficient (Wildman–Crippen LogP) is 1.43. The normalized spacial score (nSPS) is 11.6. The first-order valence-corrected chi connectivity index (χ1v) is 7.82. The van der Waals surface area contributed by atoms with E-state index in [0.29, 0.717) is 22.3 Å². The molecule has 0 fully saturated rings. The van der Waals surface area contributed by atoms with Gasteiger partial charge in [0.2, 0.25) is 0 Å². The smallest absolute Gasteiger partial charge is 0.301 e. The molecule has 0 atom stereocenters. The first kappa shape index (κ1) is 16.2. The van der Waals surface area contributed by atoms with Gasteiger partial charge in [-0.2, -0.15) is 12.7 Å². The van der Waals surface area contributed by atoms with Gasteiger partial charge in [-0.25, -0.2) is 0 Å². The summed E-state index contributed by atoms with van der Waals surface area (Å²) in [5, 5.41) is 8.72. The molecule has 0 aliphatic rings. The van der Waals surface area contributed by atoms with Gasteiger partial charge in [0.1, 0.15) is 5.75 Å². The fourth-order valence-electron chi connectivity index (χ4n) is 1.34. The number of anilines is 1. The highest BCUT2D eigenvalue weighted by Gasteiger charge is 2.18. The summed E-state index contributed by atoms with van der Waals surface area (Å²) in [7, 11) is -0.687. The number of ether oxygens (including phenoxy) is 1. The Labute approximate surface area is 121 Å². The molecule has 0 bridgehead atoms. The molecule has 6 nitrogen and oxygen atoms in total. The van der Waals surface area contributed by atoms with E-state index in [9.17, 15) is 8.42 Å². The van der Waals surface area contributed by atoms with Crippen molar-refractivity contribution in [1.29, 1.82) is 0 Å². The molecule has 108 valence electrons. The third-order valence-electron chi connectivity index (χ3n) is 2.45. The van der Waals surface area contributed by atoms with Gasteiger partial charge in [-0.05, 0) is 34.5 Å². The van der Waals surface area contributed by atoms with Crippen LogP contribution in [0.15, 0.2) is 22.7 Å². The Morgan fingerprint density at radius 2 is 2.16 bits per heavy atom. The third-order valence-corrected chi connectivity index (χ3v) is 4.63. The number of halogens is 1. The largest absolute Gasteiger partial charge is 0.497 e. The average molecular weight is 353 g/mol. The van der Waals surface area contributed by atoms with Crippen LogP contribution in [0.5, 0.6) is 5.75 Å². The molecule has 0 aliphatic heterocycles. The fourth-order valence-corrected chi connectivity index (χ4v) is 2.79. The lowest BCUT2D eigenvalue weighted by molar-refractivity contribution is 0.276. The van der Waals surface area contributed by atoms with Gasteiger partial charge in [-0.15, -0.1) is 0 Å². The van der Waals surface area contributed by atoms with Gasteiger partial charge in [0, 0.05) is 30.7 Å². The molecule has 0 unspecified atom stereocenters. The van der Waals surface area contributed by atoms with Gasteiger partial charge in [0.25, 0.3) is 0 Å². The Bertz CT molecular complexity index is 521. The molecule has 2 N–H and O–H groups in total. The Hall–Kier alpha value is -0.830. The van der Waals surface area contributed by atoms with Crippen molar-refractivity contribution in [1.82, 2.24) is 4.31 Å². The molecule has 0 aliphatic carbocycles. The number of nitrogens with zero attached hydrogens (tertiary/aromatic N) is 1. The molecule has 19 heavy (non-hydrogen) atoms. The zero-order valence-electron chi connectivity index (χ0n) is 10.8. The Kier molecular flexibility index (Phi) is 6.05. The van der Waals surface area contributed by atoms with Crippen LogP contribution in [0, 0.1) is 0 Å². The molecule has 1 rings (SSSR count). The molecule has 1 aromatic rings. The SMILES string of the molecule is COc1ccc(Br)c(NS(=O)(=O)N(C)CCCO)c1. The fraction of sp³-hybridized carbons (Fsp3) is 0.455. The van der Waals surface area contributed by atoms with Crippen molar-refractivity contribution in [2.75, 3.05) is 32.0 Å². The Morgan fingerprint density at radius 3 is 2.74 bits per heavy atom. The predicted molar refractivity (Wildman–Crippen MR) is 77.6 cm³/mol. The van der Waals surface area contributed by atoms with E-state index in [1.807, 2.05) is 0 Å². The van der Waals surface area contributed by atoms with Crippen molar-refractivity contribution in [2.24, 2.45) is 0 Å². The highest BCUT2D eigenvalue weighted by Crippen LogP contribution is 2.28. The van der Waals surface area contributed by atoms with Crippen LogP contribution in [0.25, 0.3) is 0 Å². The van der Waals surface area contributed by atoms with Crippen LogP contribution in [-0.4, -0.2) is 45.1 Å². The number of aliphatic hydroxyl groups is 1. The standard InChI is InChI=1S/C11H17BrN2O4S/c1-14(6-3-7-15)19(16,17)13-11-8-9(18-2)4-5-10(11)12/h4-5,8,13,15H,3,6-7H2,1-2H3. The number of rotatable bonds is 7. The van der Waals surface area contributed by atoms with Gasteiger partial charge in [0.05, 0.1) is 12.8 Å². The quantitative estimate of drug-likeness (QED) is 0.777. The molecule has 0 saturated heterocycles. The second-order valence-corrected chi connectivity index (χ2v) is 6.48. The number of hydrogen-bond donors (Lipinski definition) is 2. The minimum Gasteiger partial charge on any atom is -0.497 e. The number of aliphatic hydroxyl groups excluding tert-OH is 1. The van der Waals surface area contributed by atoms with E-state index < -0.39 is 10.2 Å². The summed E-state index contributed by atoms with van der Waals surface area (Å²) in [6.45, 7) is 0.191. The summed E-state index contributed by atoms with van der Waals surface area (Å²) in [5.74, 6) is 0.555. The van der Waals surface area contributed by atoms with Crippen LogP contribution in [-0.2, 0) is 10.2 Å². The Balaban J connectivity index is 2.88. The van der Waals surface area contributed by atoms with Gasteiger partial charge in [-0.3, -0.25) is 4.72 Å². The van der Waals surface area contributed by atoms with Crippen molar-refractivity contribution >= 4 is 31.8 Å². The molecule has 0 aromatic heterocycles. The first-order chi connectivity index (χ1) is 8.90. The van der Waals surface area contributed by atoms with E-state index >= 15 is 0 Å². The summed E-state index contributed by atoms with van der Waals surface area (Å²) in [4.78, 5) is 0. The zero-order chi connectivity index (χ0) is 14.5. The second kappa shape index (κ2) is 7.09. The minimum absolute atomic E-state index is 0.0529. The van der Waals surface area contributed by atoms with Crippen molar-refractivity contribution in [3.8, 4) is 5.75 Å². The van der Waals surface area contributed by atoms with Crippen molar-refractivity contribution in [3.63, 3.8) is 0 Å². The van der Waals surface area contributed by atoms with Crippen LogP contribution >= 0.6 is 15.9 Å². The van der Waals surface area contributed by atoms with Crippen LogP contribution in [0.1, 0.15) is 6.42 Å². The van der Waals surface area contributed by atoms with Gasteiger partial charge in [0.15, 0.2) is 0 Å². The van der Waals surface area contributed by atoms with Crippen molar-refractivity contribution < 1.29 is 18.3 Å². The van der Waals surface area contributed by atoms with E-state index in [2.05, 4.69) is 20.7 Å². The summed E-state index contributed by atoms with van der Waals surface area (Å²) in [6.07, 6.45) is 0.386. The van der Waals surface area contributed by atoms with Crippen LogP contribution in [0.4, 0.5) is 5.69 Å². The summed E-state index contributed by atoms with van der Waals surface area (Å²) in [5.41, 5.74) is 0.398. The Morgan fingerprint density at radius 1 is 1.47 bits per heavy atom. The third kappa shape index (κ3) is 4.64. The first-order valence-electron chi connectivity index (χ1n) is 5.59. The van der Waals surface area contributed by atoms with Crippen LogP contribution < -0.4 is 9.46 Å². The maximum Gasteiger partial charge on any atom is 0.301 e.